The zero-order valence-electron chi connectivity index (χ0n) is 10.0. The Morgan fingerprint density at radius 2 is 2.00 bits per heavy atom. The Kier molecular flexibility index (Phi) is 7.55. The Morgan fingerprint density at radius 3 is 2.44 bits per heavy atom. The molecule has 6 heteroatoms. The standard InChI is InChI=1S/C10H22N2O2S.ClH/c1-9(11-2)8-12-15(13,14)7-6-10-4-3-5-10;/h9-12H,3-8H2,1-2H3;1H. The van der Waals surface area contributed by atoms with E-state index in [0.29, 0.717) is 12.5 Å². The molecule has 0 aromatic rings. The summed E-state index contributed by atoms with van der Waals surface area (Å²) in [6.07, 6.45) is 4.52. The summed E-state index contributed by atoms with van der Waals surface area (Å²) in [4.78, 5) is 0. The summed E-state index contributed by atoms with van der Waals surface area (Å²) >= 11 is 0. The molecule has 0 aromatic carbocycles. The van der Waals surface area contributed by atoms with Crippen LogP contribution in [-0.2, 0) is 10.0 Å². The first-order valence-corrected chi connectivity index (χ1v) is 7.33. The third kappa shape index (κ3) is 6.03. The molecular formula is C10H23ClN2O2S. The molecule has 0 heterocycles. The van der Waals surface area contributed by atoms with Gasteiger partial charge in [-0.1, -0.05) is 19.3 Å². The van der Waals surface area contributed by atoms with Crippen molar-refractivity contribution >= 4 is 22.4 Å². The number of sulfonamides is 1. The van der Waals surface area contributed by atoms with Crippen molar-refractivity contribution in [3.8, 4) is 0 Å². The Labute approximate surface area is 105 Å². The van der Waals surface area contributed by atoms with Gasteiger partial charge in [-0.3, -0.25) is 0 Å². The predicted molar refractivity (Wildman–Crippen MR) is 69.5 cm³/mol. The minimum Gasteiger partial charge on any atom is -0.316 e. The van der Waals surface area contributed by atoms with Gasteiger partial charge < -0.3 is 5.32 Å². The van der Waals surface area contributed by atoms with Crippen LogP contribution in [-0.4, -0.2) is 33.8 Å². The first kappa shape index (κ1) is 16.2. The van der Waals surface area contributed by atoms with Gasteiger partial charge in [0.25, 0.3) is 0 Å². The molecule has 1 aliphatic carbocycles. The van der Waals surface area contributed by atoms with Crippen molar-refractivity contribution in [1.82, 2.24) is 10.0 Å². The maximum absolute atomic E-state index is 11.6. The molecule has 0 saturated heterocycles. The lowest BCUT2D eigenvalue weighted by Gasteiger charge is -2.25. The van der Waals surface area contributed by atoms with Crippen LogP contribution in [0.3, 0.4) is 0 Å². The highest BCUT2D eigenvalue weighted by molar-refractivity contribution is 7.89. The van der Waals surface area contributed by atoms with E-state index in [9.17, 15) is 8.42 Å². The van der Waals surface area contributed by atoms with Crippen LogP contribution in [0.25, 0.3) is 0 Å². The third-order valence-corrected chi connectivity index (χ3v) is 4.50. The van der Waals surface area contributed by atoms with E-state index >= 15 is 0 Å². The molecule has 0 aliphatic heterocycles. The Hall–Kier alpha value is 0.160. The maximum atomic E-state index is 11.6. The van der Waals surface area contributed by atoms with Gasteiger partial charge in [0, 0.05) is 12.6 Å². The van der Waals surface area contributed by atoms with Crippen molar-refractivity contribution in [3.63, 3.8) is 0 Å². The van der Waals surface area contributed by atoms with Crippen LogP contribution in [0.5, 0.6) is 0 Å². The number of rotatable bonds is 7. The van der Waals surface area contributed by atoms with E-state index in [1.54, 1.807) is 0 Å². The van der Waals surface area contributed by atoms with Gasteiger partial charge in [0.15, 0.2) is 0 Å². The predicted octanol–water partition coefficient (Wildman–Crippen LogP) is 1.13. The fourth-order valence-corrected chi connectivity index (χ4v) is 2.82. The summed E-state index contributed by atoms with van der Waals surface area (Å²) in [6, 6.07) is 0.184. The molecule has 1 rings (SSSR count). The first-order chi connectivity index (χ1) is 7.03. The van der Waals surface area contributed by atoms with E-state index < -0.39 is 10.0 Å². The topological polar surface area (TPSA) is 58.2 Å². The van der Waals surface area contributed by atoms with Crippen LogP contribution < -0.4 is 10.0 Å². The molecule has 0 amide bonds. The van der Waals surface area contributed by atoms with Crippen molar-refractivity contribution in [3.05, 3.63) is 0 Å². The molecule has 16 heavy (non-hydrogen) atoms. The van der Waals surface area contributed by atoms with Crippen molar-refractivity contribution in [2.75, 3.05) is 19.3 Å². The second-order valence-corrected chi connectivity index (χ2v) is 6.37. The van der Waals surface area contributed by atoms with Crippen LogP contribution in [0.1, 0.15) is 32.6 Å². The van der Waals surface area contributed by atoms with Gasteiger partial charge in [0.05, 0.1) is 5.75 Å². The van der Waals surface area contributed by atoms with Gasteiger partial charge >= 0.3 is 0 Å². The SMILES string of the molecule is CNC(C)CNS(=O)(=O)CCC1CCC1.Cl. The smallest absolute Gasteiger partial charge is 0.211 e. The fourth-order valence-electron chi connectivity index (χ4n) is 1.53. The molecule has 2 N–H and O–H groups in total. The molecule has 0 radical (unpaired) electrons. The van der Waals surface area contributed by atoms with Crippen LogP contribution >= 0.6 is 12.4 Å². The lowest BCUT2D eigenvalue weighted by molar-refractivity contribution is 0.307. The lowest BCUT2D eigenvalue weighted by atomic mass is 9.84. The summed E-state index contributed by atoms with van der Waals surface area (Å²) < 4.78 is 25.7. The van der Waals surface area contributed by atoms with Crippen molar-refractivity contribution in [1.29, 1.82) is 0 Å². The van der Waals surface area contributed by atoms with E-state index in [1.165, 1.54) is 19.3 Å². The molecule has 1 saturated carbocycles. The van der Waals surface area contributed by atoms with Crippen molar-refractivity contribution < 1.29 is 8.42 Å². The summed E-state index contributed by atoms with van der Waals surface area (Å²) in [5.41, 5.74) is 0. The van der Waals surface area contributed by atoms with Gasteiger partial charge in [0.2, 0.25) is 10.0 Å². The molecule has 0 spiro atoms. The van der Waals surface area contributed by atoms with Gasteiger partial charge in [-0.15, -0.1) is 12.4 Å². The number of nitrogens with one attached hydrogen (secondary N) is 2. The van der Waals surface area contributed by atoms with Crippen LogP contribution in [0, 0.1) is 5.92 Å². The lowest BCUT2D eigenvalue weighted by Crippen LogP contribution is -2.38. The largest absolute Gasteiger partial charge is 0.316 e. The Bertz CT molecular complexity index is 264. The summed E-state index contributed by atoms with van der Waals surface area (Å²) in [5.74, 6) is 0.942. The molecule has 1 fully saturated rings. The number of halogens is 1. The molecule has 1 unspecified atom stereocenters. The van der Waals surface area contributed by atoms with Gasteiger partial charge in [-0.25, -0.2) is 13.1 Å². The second-order valence-electron chi connectivity index (χ2n) is 4.44. The average molecular weight is 271 g/mol. The van der Waals surface area contributed by atoms with E-state index in [2.05, 4.69) is 10.0 Å². The fraction of sp³-hybridized carbons (Fsp3) is 1.00. The molecule has 1 atom stereocenters. The molecule has 0 bridgehead atoms. The molecule has 4 nitrogen and oxygen atoms in total. The minimum absolute atomic E-state index is 0. The average Bonchev–Trinajstić information content (AvgIpc) is 2.11. The van der Waals surface area contributed by atoms with Crippen molar-refractivity contribution in [2.45, 2.75) is 38.6 Å². The van der Waals surface area contributed by atoms with Gasteiger partial charge in [-0.05, 0) is 26.3 Å². The Morgan fingerprint density at radius 1 is 1.38 bits per heavy atom. The zero-order chi connectivity index (χ0) is 11.3. The van der Waals surface area contributed by atoms with Gasteiger partial charge in [-0.2, -0.15) is 0 Å². The van der Waals surface area contributed by atoms with Crippen LogP contribution in [0.15, 0.2) is 0 Å². The van der Waals surface area contributed by atoms with Crippen molar-refractivity contribution in [2.24, 2.45) is 5.92 Å². The molecule has 0 aromatic heterocycles. The molecule has 1 aliphatic rings. The van der Waals surface area contributed by atoms with Gasteiger partial charge in [0.1, 0.15) is 0 Å². The maximum Gasteiger partial charge on any atom is 0.211 e. The Balaban J connectivity index is 0.00000225. The monoisotopic (exact) mass is 270 g/mol. The minimum atomic E-state index is -3.05. The highest BCUT2D eigenvalue weighted by atomic mass is 35.5. The second kappa shape index (κ2) is 7.48. The molecule has 98 valence electrons. The zero-order valence-corrected chi connectivity index (χ0v) is 11.7. The molecular weight excluding hydrogens is 248 g/mol. The van der Waals surface area contributed by atoms with E-state index in [-0.39, 0.29) is 24.2 Å². The number of likely N-dealkylation sites (N-methyl/N-ethyl adjacent to an activating group) is 1. The number of hydrogen-bond acceptors (Lipinski definition) is 3. The van der Waals surface area contributed by atoms with Crippen LogP contribution in [0.2, 0.25) is 0 Å². The summed E-state index contributed by atoms with van der Waals surface area (Å²) in [7, 11) is -1.22. The highest BCUT2D eigenvalue weighted by Gasteiger charge is 2.20. The van der Waals surface area contributed by atoms with E-state index in [1.807, 2.05) is 14.0 Å². The third-order valence-electron chi connectivity index (χ3n) is 3.12. The first-order valence-electron chi connectivity index (χ1n) is 5.68. The highest BCUT2D eigenvalue weighted by Crippen LogP contribution is 2.29. The quantitative estimate of drug-likeness (QED) is 0.729. The van der Waals surface area contributed by atoms with E-state index in [4.69, 9.17) is 0 Å². The normalized spacial score (nSPS) is 18.6. The summed E-state index contributed by atoms with van der Waals surface area (Å²) in [5, 5.41) is 3.00. The van der Waals surface area contributed by atoms with Crippen LogP contribution in [0.4, 0.5) is 0 Å². The number of hydrogen-bond donors (Lipinski definition) is 2. The summed E-state index contributed by atoms with van der Waals surface area (Å²) in [6.45, 7) is 2.43. The van der Waals surface area contributed by atoms with E-state index in [0.717, 1.165) is 6.42 Å².